The van der Waals surface area contributed by atoms with Gasteiger partial charge in [0, 0.05) is 19.2 Å². The Morgan fingerprint density at radius 2 is 2.12 bits per heavy atom. The lowest BCUT2D eigenvalue weighted by molar-refractivity contribution is -0.134. The molecule has 6 heteroatoms. The van der Waals surface area contributed by atoms with Crippen LogP contribution in [0.2, 0.25) is 0 Å². The van der Waals surface area contributed by atoms with Crippen LogP contribution in [0.25, 0.3) is 0 Å². The lowest BCUT2D eigenvalue weighted by atomic mass is 10.3. The molecule has 0 aliphatic heterocycles. The number of nitrogens with zero attached hydrogens (tertiary/aromatic N) is 2. The number of halogens is 3. The first kappa shape index (κ1) is 12.7. The van der Waals surface area contributed by atoms with Crippen LogP contribution in [-0.4, -0.2) is 22.7 Å². The van der Waals surface area contributed by atoms with Gasteiger partial charge in [-0.25, -0.2) is 9.97 Å². The number of aryl methyl sites for hydroxylation is 1. The van der Waals surface area contributed by atoms with E-state index in [4.69, 9.17) is 0 Å². The molecule has 0 radical (unpaired) electrons. The van der Waals surface area contributed by atoms with Gasteiger partial charge in [0.25, 0.3) is 0 Å². The van der Waals surface area contributed by atoms with Gasteiger partial charge in [-0.2, -0.15) is 13.2 Å². The third-order valence-electron chi connectivity index (χ3n) is 1.89. The summed E-state index contributed by atoms with van der Waals surface area (Å²) in [5, 5.41) is 3.00. The summed E-state index contributed by atoms with van der Waals surface area (Å²) in [6.07, 6.45) is -2.82. The molecule has 0 spiro atoms. The molecule has 16 heavy (non-hydrogen) atoms. The Labute approximate surface area is 92.1 Å². The van der Waals surface area contributed by atoms with Crippen molar-refractivity contribution in [2.75, 3.05) is 11.9 Å². The molecule has 0 saturated carbocycles. The van der Waals surface area contributed by atoms with Gasteiger partial charge >= 0.3 is 6.18 Å². The molecule has 0 unspecified atom stereocenters. The Hall–Kier alpha value is -1.33. The fraction of sp³-hybridized carbons (Fsp3) is 0.600. The highest BCUT2D eigenvalue weighted by molar-refractivity contribution is 5.32. The molecule has 1 heterocycles. The number of nitrogens with one attached hydrogen (secondary N) is 1. The third kappa shape index (κ3) is 4.95. The molecule has 90 valence electrons. The Morgan fingerprint density at radius 1 is 1.38 bits per heavy atom. The van der Waals surface area contributed by atoms with E-state index >= 15 is 0 Å². The normalized spacial score (nSPS) is 11.5. The molecular formula is C10H14F3N3. The first-order chi connectivity index (χ1) is 7.51. The number of rotatable bonds is 5. The number of aromatic nitrogens is 2. The van der Waals surface area contributed by atoms with Crippen LogP contribution >= 0.6 is 0 Å². The predicted octanol–water partition coefficient (Wildman–Crippen LogP) is 2.79. The Kier molecular flexibility index (Phi) is 4.52. The van der Waals surface area contributed by atoms with Gasteiger partial charge in [-0.05, 0) is 12.5 Å². The molecule has 0 fully saturated rings. The van der Waals surface area contributed by atoms with Crippen molar-refractivity contribution in [3.05, 3.63) is 18.1 Å². The average molecular weight is 233 g/mol. The molecule has 1 aromatic heterocycles. The van der Waals surface area contributed by atoms with Gasteiger partial charge in [-0.3, -0.25) is 0 Å². The van der Waals surface area contributed by atoms with Gasteiger partial charge in [-0.15, -0.1) is 0 Å². The molecule has 0 saturated heterocycles. The molecule has 0 aliphatic carbocycles. The minimum absolute atomic E-state index is 0.175. The maximum absolute atomic E-state index is 12.0. The number of alkyl halides is 3. The van der Waals surface area contributed by atoms with E-state index in [0.29, 0.717) is 5.82 Å². The van der Waals surface area contributed by atoms with Gasteiger partial charge in [0.15, 0.2) is 0 Å². The van der Waals surface area contributed by atoms with Crippen LogP contribution < -0.4 is 5.32 Å². The summed E-state index contributed by atoms with van der Waals surface area (Å²) in [5.74, 6) is 0.799. The van der Waals surface area contributed by atoms with Crippen molar-refractivity contribution >= 4 is 5.82 Å². The summed E-state index contributed by atoms with van der Waals surface area (Å²) in [6, 6.07) is 1.65. The van der Waals surface area contributed by atoms with Crippen LogP contribution in [0.1, 0.15) is 25.6 Å². The average Bonchev–Trinajstić information content (AvgIpc) is 2.23. The molecule has 1 N–H and O–H groups in total. The molecule has 0 aliphatic rings. The van der Waals surface area contributed by atoms with E-state index in [1.807, 2.05) is 6.92 Å². The van der Waals surface area contributed by atoms with E-state index in [2.05, 4.69) is 15.3 Å². The van der Waals surface area contributed by atoms with Crippen LogP contribution in [-0.2, 0) is 6.42 Å². The smallest absolute Gasteiger partial charge is 0.370 e. The zero-order chi connectivity index (χ0) is 12.0. The molecule has 1 aromatic rings. The van der Waals surface area contributed by atoms with Crippen molar-refractivity contribution in [1.82, 2.24) is 9.97 Å². The van der Waals surface area contributed by atoms with Gasteiger partial charge < -0.3 is 5.32 Å². The minimum Gasteiger partial charge on any atom is -0.370 e. The van der Waals surface area contributed by atoms with Crippen molar-refractivity contribution in [1.29, 1.82) is 0 Å². The zero-order valence-corrected chi connectivity index (χ0v) is 9.01. The van der Waals surface area contributed by atoms with Gasteiger partial charge in [0.2, 0.25) is 0 Å². The van der Waals surface area contributed by atoms with Crippen molar-refractivity contribution < 1.29 is 13.2 Å². The van der Waals surface area contributed by atoms with Crippen LogP contribution in [0.15, 0.2) is 12.3 Å². The molecule has 1 rings (SSSR count). The molecular weight excluding hydrogens is 219 g/mol. The first-order valence-corrected chi connectivity index (χ1v) is 5.14. The number of hydrogen-bond acceptors (Lipinski definition) is 3. The van der Waals surface area contributed by atoms with Gasteiger partial charge in [0.05, 0.1) is 6.42 Å². The van der Waals surface area contributed by atoms with Crippen molar-refractivity contribution in [2.24, 2.45) is 0 Å². The van der Waals surface area contributed by atoms with Crippen LogP contribution in [0.5, 0.6) is 0 Å². The fourth-order valence-corrected chi connectivity index (χ4v) is 1.12. The highest BCUT2D eigenvalue weighted by Crippen LogP contribution is 2.21. The molecule has 0 bridgehead atoms. The van der Waals surface area contributed by atoms with E-state index in [0.717, 1.165) is 13.0 Å². The van der Waals surface area contributed by atoms with E-state index in [-0.39, 0.29) is 12.2 Å². The summed E-state index contributed by atoms with van der Waals surface area (Å²) in [6.45, 7) is 2.74. The molecule has 0 aromatic carbocycles. The SMILES string of the molecule is CCCNc1ccnc(CCC(F)(F)F)n1. The van der Waals surface area contributed by atoms with E-state index in [9.17, 15) is 13.2 Å². The summed E-state index contributed by atoms with van der Waals surface area (Å²) in [7, 11) is 0. The topological polar surface area (TPSA) is 37.8 Å². The Morgan fingerprint density at radius 3 is 2.75 bits per heavy atom. The van der Waals surface area contributed by atoms with Crippen molar-refractivity contribution in [3.63, 3.8) is 0 Å². The molecule has 0 amide bonds. The maximum atomic E-state index is 12.0. The minimum atomic E-state index is -4.16. The lowest BCUT2D eigenvalue weighted by Crippen LogP contribution is -2.11. The van der Waals surface area contributed by atoms with Crippen molar-refractivity contribution in [3.8, 4) is 0 Å². The monoisotopic (exact) mass is 233 g/mol. The zero-order valence-electron chi connectivity index (χ0n) is 9.01. The van der Waals surface area contributed by atoms with E-state index in [1.54, 1.807) is 6.07 Å². The van der Waals surface area contributed by atoms with Gasteiger partial charge in [-0.1, -0.05) is 6.92 Å². The standard InChI is InChI=1S/C10H14F3N3/c1-2-6-14-9-4-7-15-8(16-9)3-5-10(11,12)13/h4,7H,2-3,5-6H2,1H3,(H,14,15,16). The summed E-state index contributed by atoms with van der Waals surface area (Å²) in [4.78, 5) is 7.79. The third-order valence-corrected chi connectivity index (χ3v) is 1.89. The highest BCUT2D eigenvalue weighted by atomic mass is 19.4. The quantitative estimate of drug-likeness (QED) is 0.849. The summed E-state index contributed by atoms with van der Waals surface area (Å²) < 4.78 is 35.9. The second-order valence-electron chi connectivity index (χ2n) is 3.40. The Balaban J connectivity index is 2.53. The fourth-order valence-electron chi connectivity index (χ4n) is 1.12. The van der Waals surface area contributed by atoms with Crippen molar-refractivity contribution in [2.45, 2.75) is 32.4 Å². The molecule has 0 atom stereocenters. The maximum Gasteiger partial charge on any atom is 0.389 e. The van der Waals surface area contributed by atoms with E-state index in [1.165, 1.54) is 6.20 Å². The number of anilines is 1. The van der Waals surface area contributed by atoms with E-state index < -0.39 is 12.6 Å². The Bertz CT molecular complexity index is 325. The predicted molar refractivity (Wildman–Crippen MR) is 55.2 cm³/mol. The van der Waals surface area contributed by atoms with Gasteiger partial charge in [0.1, 0.15) is 11.6 Å². The summed E-state index contributed by atoms with van der Waals surface area (Å²) >= 11 is 0. The molecule has 3 nitrogen and oxygen atoms in total. The largest absolute Gasteiger partial charge is 0.389 e. The number of hydrogen-bond donors (Lipinski definition) is 1. The summed E-state index contributed by atoms with van der Waals surface area (Å²) in [5.41, 5.74) is 0. The second kappa shape index (κ2) is 5.67. The van der Waals surface area contributed by atoms with Crippen LogP contribution in [0, 0.1) is 0 Å². The lowest BCUT2D eigenvalue weighted by Gasteiger charge is -2.07. The first-order valence-electron chi connectivity index (χ1n) is 5.14. The second-order valence-corrected chi connectivity index (χ2v) is 3.40. The van der Waals surface area contributed by atoms with Crippen LogP contribution in [0.4, 0.5) is 19.0 Å². The van der Waals surface area contributed by atoms with Crippen LogP contribution in [0.3, 0.4) is 0 Å². The highest BCUT2D eigenvalue weighted by Gasteiger charge is 2.27.